The van der Waals surface area contributed by atoms with Crippen molar-refractivity contribution >= 4 is 13.9 Å². The van der Waals surface area contributed by atoms with Gasteiger partial charge in [-0.15, -0.1) is 0 Å². The number of aryl methyl sites for hydroxylation is 1. The van der Waals surface area contributed by atoms with E-state index in [1.54, 1.807) is 4.90 Å². The van der Waals surface area contributed by atoms with Crippen LogP contribution in [0.15, 0.2) is 0 Å². The Morgan fingerprint density at radius 1 is 1.25 bits per heavy atom. The summed E-state index contributed by atoms with van der Waals surface area (Å²) in [4.78, 5) is 18.7. The molecule has 1 amide bonds. The summed E-state index contributed by atoms with van der Waals surface area (Å²) in [6.45, 7) is 9.07. The van der Waals surface area contributed by atoms with Gasteiger partial charge in [-0.25, -0.2) is 4.79 Å². The molecule has 1 aliphatic heterocycles. The van der Waals surface area contributed by atoms with Crippen molar-refractivity contribution < 1.29 is 39.1 Å². The first-order valence-corrected chi connectivity index (χ1v) is 7.84. The Bertz CT molecular complexity index is 665. The van der Waals surface area contributed by atoms with E-state index in [9.17, 15) is 4.79 Å². The van der Waals surface area contributed by atoms with Crippen LogP contribution in [0.4, 0.5) is 4.79 Å². The maximum absolute atomic E-state index is 12.2. The molecule has 0 saturated carbocycles. The van der Waals surface area contributed by atoms with Gasteiger partial charge in [0.05, 0.1) is 18.8 Å². The summed E-state index contributed by atoms with van der Waals surface area (Å²) in [5.74, 6) is 1.25. The van der Waals surface area contributed by atoms with Crippen LogP contribution >= 0.6 is 0 Å². The third-order valence-corrected chi connectivity index (χ3v) is 4.05. The first kappa shape index (κ1) is 21.0. The molecule has 121 valence electrons. The molecule has 0 fully saturated rings. The van der Waals surface area contributed by atoms with Crippen molar-refractivity contribution in [3.05, 3.63) is 28.1 Å². The summed E-state index contributed by atoms with van der Waals surface area (Å²) in [5, 5.41) is 7.10. The van der Waals surface area contributed by atoms with E-state index in [1.165, 1.54) is 34.8 Å². The number of rotatable bonds is 0. The largest absolute Gasteiger partial charge is 1.00 e. The predicted molar refractivity (Wildman–Crippen MR) is 87.8 cm³/mol. The Morgan fingerprint density at radius 2 is 1.88 bits per heavy atom. The maximum atomic E-state index is 12.2. The van der Waals surface area contributed by atoms with Gasteiger partial charge in [0.15, 0.2) is 0 Å². The summed E-state index contributed by atoms with van der Waals surface area (Å²) in [6.07, 6.45) is 3.18. The number of nitriles is 1. The molecule has 0 unspecified atom stereocenters. The van der Waals surface area contributed by atoms with Crippen LogP contribution in [-0.2, 0) is 30.7 Å². The van der Waals surface area contributed by atoms with Gasteiger partial charge in [-0.3, -0.25) is 21.1 Å². The number of fused-ring (bicyclic) bond motifs is 2. The average Bonchev–Trinajstić information content (AvgIpc) is 3.04. The third kappa shape index (κ3) is 4.75. The predicted octanol–water partition coefficient (Wildman–Crippen LogP) is -0.231. The fourth-order valence-electron chi connectivity index (χ4n) is 3.11. The number of carbonyl (C=O) groups is 1. The molecular formula is C17H22BN3NaO2. The fraction of sp³-hybridized carbons (Fsp3) is 0.588. The minimum Gasteiger partial charge on any atom is -0.466 e. The normalized spacial score (nSPS) is 14.6. The van der Waals surface area contributed by atoms with E-state index in [2.05, 4.69) is 14.8 Å². The summed E-state index contributed by atoms with van der Waals surface area (Å²) >= 11 is 0. The van der Waals surface area contributed by atoms with Gasteiger partial charge in [0.2, 0.25) is 0 Å². The molecule has 1 aromatic rings. The average molecular weight is 334 g/mol. The number of pyridine rings is 1. The van der Waals surface area contributed by atoms with Crippen LogP contribution in [0.3, 0.4) is 0 Å². The zero-order valence-corrected chi connectivity index (χ0v) is 17.3. The smallest absolute Gasteiger partial charge is 0.466 e. The standard InChI is InChI=1S/C16H22N2O2.CBN.Na/c1-10-11-6-5-7-13(11)17-14-9-18(8-12(10)14)15(19)20-16(2,3)4;2-1-3;/h5-9H2,1-4H3;;/q;-1;+1. The van der Waals surface area contributed by atoms with Gasteiger partial charge < -0.3 is 12.6 Å². The molecule has 5 nitrogen and oxygen atoms in total. The quantitative estimate of drug-likeness (QED) is 0.615. The second kappa shape index (κ2) is 8.38. The molecule has 3 rings (SSSR count). The van der Waals surface area contributed by atoms with Crippen molar-refractivity contribution in [1.29, 1.82) is 5.26 Å². The van der Waals surface area contributed by atoms with Crippen LogP contribution in [0.25, 0.3) is 0 Å². The molecule has 0 aromatic carbocycles. The molecule has 0 saturated heterocycles. The van der Waals surface area contributed by atoms with E-state index >= 15 is 0 Å². The van der Waals surface area contributed by atoms with E-state index in [0.717, 1.165) is 18.5 Å². The van der Waals surface area contributed by atoms with Crippen molar-refractivity contribution in [2.24, 2.45) is 0 Å². The third-order valence-electron chi connectivity index (χ3n) is 4.05. The van der Waals surface area contributed by atoms with Gasteiger partial charge in [0.25, 0.3) is 0 Å². The summed E-state index contributed by atoms with van der Waals surface area (Å²) in [5.41, 5.74) is 5.84. The summed E-state index contributed by atoms with van der Waals surface area (Å²) in [7, 11) is 4.15. The Labute approximate surface area is 167 Å². The number of hydrogen-bond acceptors (Lipinski definition) is 4. The fourth-order valence-corrected chi connectivity index (χ4v) is 3.11. The number of amides is 1. The van der Waals surface area contributed by atoms with Crippen LogP contribution in [0.2, 0.25) is 0 Å². The molecule has 24 heavy (non-hydrogen) atoms. The number of carbonyl (C=O) groups excluding carboxylic acids is 1. The molecule has 0 spiro atoms. The minimum absolute atomic E-state index is 0. The molecule has 7 heteroatoms. The van der Waals surface area contributed by atoms with Gasteiger partial charge in [-0.2, -0.15) is 0 Å². The number of ether oxygens (including phenoxy) is 1. The van der Waals surface area contributed by atoms with Gasteiger partial charge in [0.1, 0.15) is 5.60 Å². The van der Waals surface area contributed by atoms with Crippen LogP contribution in [0.1, 0.15) is 55.3 Å². The Morgan fingerprint density at radius 3 is 2.46 bits per heavy atom. The molecule has 0 atom stereocenters. The molecule has 2 aliphatic rings. The van der Waals surface area contributed by atoms with Crippen molar-refractivity contribution in [3.8, 4) is 5.97 Å². The molecule has 2 heterocycles. The van der Waals surface area contributed by atoms with Crippen LogP contribution in [-0.4, -0.2) is 29.4 Å². The van der Waals surface area contributed by atoms with Crippen molar-refractivity contribution in [2.75, 3.05) is 0 Å². The van der Waals surface area contributed by atoms with E-state index in [0.29, 0.717) is 13.1 Å². The Balaban J connectivity index is 0.000000671. The second-order valence-electron chi connectivity index (χ2n) is 6.91. The topological polar surface area (TPSA) is 66.2 Å². The van der Waals surface area contributed by atoms with Crippen molar-refractivity contribution in [1.82, 2.24) is 9.88 Å². The Kier molecular flexibility index (Phi) is 7.34. The first-order valence-electron chi connectivity index (χ1n) is 7.84. The molecule has 1 aliphatic carbocycles. The number of aromatic nitrogens is 1. The maximum Gasteiger partial charge on any atom is 1.00 e. The van der Waals surface area contributed by atoms with Gasteiger partial charge in [-0.05, 0) is 63.6 Å². The second-order valence-corrected chi connectivity index (χ2v) is 6.91. The van der Waals surface area contributed by atoms with E-state index < -0.39 is 5.60 Å². The molecule has 3 radical (unpaired) electrons. The zero-order chi connectivity index (χ0) is 17.2. The molecular weight excluding hydrogens is 312 g/mol. The van der Waals surface area contributed by atoms with Gasteiger partial charge >= 0.3 is 35.7 Å². The van der Waals surface area contributed by atoms with Gasteiger partial charge in [0, 0.05) is 5.69 Å². The zero-order valence-electron chi connectivity index (χ0n) is 15.3. The monoisotopic (exact) mass is 334 g/mol. The van der Waals surface area contributed by atoms with E-state index in [-0.39, 0.29) is 35.7 Å². The summed E-state index contributed by atoms with van der Waals surface area (Å²) < 4.78 is 5.45. The Hall–Kier alpha value is -1.03. The number of nitrogens with zero attached hydrogens (tertiary/aromatic N) is 3. The van der Waals surface area contributed by atoms with E-state index in [4.69, 9.17) is 15.0 Å². The molecule has 0 bridgehead atoms. The van der Waals surface area contributed by atoms with Crippen LogP contribution in [0.5, 0.6) is 0 Å². The molecule has 1 aromatic heterocycles. The number of hydrogen-bond donors (Lipinski definition) is 0. The van der Waals surface area contributed by atoms with Crippen molar-refractivity contribution in [2.45, 2.75) is 65.6 Å². The van der Waals surface area contributed by atoms with Crippen LogP contribution < -0.4 is 29.6 Å². The van der Waals surface area contributed by atoms with E-state index in [1.807, 2.05) is 20.8 Å². The SMILES string of the molecule is Cc1c2c(nc3c1CN(C(=O)OC(C)(C)C)C3)CCC2.[B-]C#N.[Na+]. The molecule has 0 N–H and O–H groups in total. The first-order chi connectivity index (χ1) is 10.8. The van der Waals surface area contributed by atoms with Crippen LogP contribution in [0, 0.1) is 18.2 Å². The summed E-state index contributed by atoms with van der Waals surface area (Å²) in [6, 6.07) is 0. The minimum atomic E-state index is -0.448. The van der Waals surface area contributed by atoms with Crippen molar-refractivity contribution in [3.63, 3.8) is 0 Å². The van der Waals surface area contributed by atoms with Gasteiger partial charge in [-0.1, -0.05) is 0 Å².